The molecule has 140 valence electrons. The maximum absolute atomic E-state index is 12.8. The van der Waals surface area contributed by atoms with E-state index < -0.39 is 11.7 Å². The Bertz CT molecular complexity index is 723. The van der Waals surface area contributed by atoms with Gasteiger partial charge in [0.1, 0.15) is 5.76 Å². The lowest BCUT2D eigenvalue weighted by Gasteiger charge is -2.26. The van der Waals surface area contributed by atoms with Gasteiger partial charge in [-0.05, 0) is 49.7 Å². The quantitative estimate of drug-likeness (QED) is 0.846. The molecule has 1 amide bonds. The molecular weight excluding hydrogens is 345 g/mol. The molecule has 2 aromatic rings. The van der Waals surface area contributed by atoms with Crippen LogP contribution in [0.2, 0.25) is 0 Å². The third kappa shape index (κ3) is 4.66. The first kappa shape index (κ1) is 18.5. The third-order valence-electron chi connectivity index (χ3n) is 4.56. The average Bonchev–Trinajstić information content (AvgIpc) is 3.28. The Hall–Kier alpha value is -2.28. The number of furan rings is 1. The lowest BCUT2D eigenvalue weighted by atomic mass is 10.1. The van der Waals surface area contributed by atoms with Gasteiger partial charge >= 0.3 is 6.18 Å². The molecule has 2 heterocycles. The predicted molar refractivity (Wildman–Crippen MR) is 90.4 cm³/mol. The smallest absolute Gasteiger partial charge is 0.416 e. The van der Waals surface area contributed by atoms with Gasteiger partial charge in [-0.15, -0.1) is 0 Å². The summed E-state index contributed by atoms with van der Waals surface area (Å²) in [6.07, 6.45) is -0.685. The van der Waals surface area contributed by atoms with Crippen LogP contribution < -0.4 is 5.32 Å². The molecule has 1 N–H and O–H groups in total. The number of amides is 1. The van der Waals surface area contributed by atoms with E-state index in [-0.39, 0.29) is 18.4 Å². The van der Waals surface area contributed by atoms with Gasteiger partial charge in [0.05, 0.1) is 24.3 Å². The summed E-state index contributed by atoms with van der Waals surface area (Å²) in [6.45, 7) is 2.25. The zero-order valence-electron chi connectivity index (χ0n) is 14.3. The van der Waals surface area contributed by atoms with E-state index in [9.17, 15) is 18.0 Å². The highest BCUT2D eigenvalue weighted by atomic mass is 19.4. The Morgan fingerprint density at radius 3 is 2.62 bits per heavy atom. The number of hydrogen-bond acceptors (Lipinski definition) is 3. The summed E-state index contributed by atoms with van der Waals surface area (Å²) in [4.78, 5) is 14.5. The largest absolute Gasteiger partial charge is 0.468 e. The number of rotatable bonds is 6. The van der Waals surface area contributed by atoms with Crippen molar-refractivity contribution in [2.24, 2.45) is 0 Å². The van der Waals surface area contributed by atoms with Crippen molar-refractivity contribution in [3.05, 3.63) is 59.5 Å². The van der Waals surface area contributed by atoms with Gasteiger partial charge in [-0.25, -0.2) is 0 Å². The fourth-order valence-electron chi connectivity index (χ4n) is 3.26. The molecule has 4 nitrogen and oxygen atoms in total. The molecule has 0 bridgehead atoms. The third-order valence-corrected chi connectivity index (χ3v) is 4.56. The van der Waals surface area contributed by atoms with Crippen molar-refractivity contribution >= 4 is 5.91 Å². The van der Waals surface area contributed by atoms with Crippen LogP contribution in [0.5, 0.6) is 0 Å². The monoisotopic (exact) mass is 366 g/mol. The summed E-state index contributed by atoms with van der Waals surface area (Å²) in [6, 6.07) is 8.50. The normalized spacial score (nSPS) is 16.6. The second-order valence-corrected chi connectivity index (χ2v) is 6.45. The summed E-state index contributed by atoms with van der Waals surface area (Å²) in [5, 5.41) is 2.83. The molecule has 26 heavy (non-hydrogen) atoms. The van der Waals surface area contributed by atoms with Crippen LogP contribution in [0.1, 0.15) is 35.8 Å². The van der Waals surface area contributed by atoms with Crippen molar-refractivity contribution in [1.29, 1.82) is 0 Å². The Morgan fingerprint density at radius 1 is 1.19 bits per heavy atom. The van der Waals surface area contributed by atoms with Crippen LogP contribution in [-0.2, 0) is 17.4 Å². The molecular formula is C19H21F3N2O2. The number of nitrogens with zero attached hydrogens (tertiary/aromatic N) is 1. The van der Waals surface area contributed by atoms with Gasteiger partial charge in [0.2, 0.25) is 5.91 Å². The van der Waals surface area contributed by atoms with Crippen molar-refractivity contribution in [2.75, 3.05) is 19.6 Å². The van der Waals surface area contributed by atoms with Crippen LogP contribution in [0.4, 0.5) is 13.2 Å². The van der Waals surface area contributed by atoms with Gasteiger partial charge in [0.15, 0.2) is 0 Å². The van der Waals surface area contributed by atoms with Gasteiger partial charge < -0.3 is 9.73 Å². The second kappa shape index (κ2) is 7.95. The molecule has 0 unspecified atom stereocenters. The van der Waals surface area contributed by atoms with Gasteiger partial charge in [-0.2, -0.15) is 13.2 Å². The standard InChI is InChI=1S/C19H21F3N2O2/c20-19(21,22)15-6-3-5-14(11-15)12-18(25)23-13-16(17-7-4-10-26-17)24-8-1-2-9-24/h3-7,10-11,16H,1-2,8-9,12-13H2,(H,23,25)/t16-/m0/s1. The number of likely N-dealkylation sites (tertiary alicyclic amines) is 1. The molecule has 0 aliphatic carbocycles. The number of benzene rings is 1. The molecule has 0 saturated carbocycles. The fraction of sp³-hybridized carbons (Fsp3) is 0.421. The maximum atomic E-state index is 12.8. The highest BCUT2D eigenvalue weighted by Crippen LogP contribution is 2.29. The first-order chi connectivity index (χ1) is 12.4. The summed E-state index contributed by atoms with van der Waals surface area (Å²) >= 11 is 0. The molecule has 0 spiro atoms. The molecule has 1 atom stereocenters. The minimum absolute atomic E-state index is 0.0574. The van der Waals surface area contributed by atoms with Crippen molar-refractivity contribution in [2.45, 2.75) is 31.5 Å². The molecule has 1 aliphatic heterocycles. The average molecular weight is 366 g/mol. The van der Waals surface area contributed by atoms with E-state index in [4.69, 9.17) is 4.42 Å². The van der Waals surface area contributed by atoms with E-state index in [0.717, 1.165) is 43.8 Å². The predicted octanol–water partition coefficient (Wildman–Crippen LogP) is 3.79. The van der Waals surface area contributed by atoms with Crippen molar-refractivity contribution < 1.29 is 22.4 Å². The molecule has 1 fully saturated rings. The Morgan fingerprint density at radius 2 is 1.96 bits per heavy atom. The number of alkyl halides is 3. The lowest BCUT2D eigenvalue weighted by Crippen LogP contribution is -2.37. The number of carbonyl (C=O) groups is 1. The minimum Gasteiger partial charge on any atom is -0.468 e. The Balaban J connectivity index is 1.60. The number of carbonyl (C=O) groups excluding carboxylic acids is 1. The van der Waals surface area contributed by atoms with Crippen LogP contribution >= 0.6 is 0 Å². The molecule has 1 saturated heterocycles. The first-order valence-corrected chi connectivity index (χ1v) is 8.64. The lowest BCUT2D eigenvalue weighted by molar-refractivity contribution is -0.137. The number of halogens is 3. The SMILES string of the molecule is O=C(Cc1cccc(C(F)(F)F)c1)NC[C@@H](c1ccco1)N1CCCC1. The summed E-state index contributed by atoms with van der Waals surface area (Å²) in [7, 11) is 0. The second-order valence-electron chi connectivity index (χ2n) is 6.45. The molecule has 7 heteroatoms. The molecule has 1 aromatic carbocycles. The van der Waals surface area contributed by atoms with E-state index in [1.807, 2.05) is 12.1 Å². The van der Waals surface area contributed by atoms with Crippen LogP contribution in [0.3, 0.4) is 0 Å². The van der Waals surface area contributed by atoms with Gasteiger partial charge in [0, 0.05) is 6.54 Å². The van der Waals surface area contributed by atoms with Crippen LogP contribution in [-0.4, -0.2) is 30.4 Å². The van der Waals surface area contributed by atoms with E-state index >= 15 is 0 Å². The molecule has 0 radical (unpaired) electrons. The summed E-state index contributed by atoms with van der Waals surface area (Å²) in [5.74, 6) is 0.478. The van der Waals surface area contributed by atoms with Crippen molar-refractivity contribution in [1.82, 2.24) is 10.2 Å². The zero-order chi connectivity index (χ0) is 18.6. The molecule has 3 rings (SSSR count). The molecule has 1 aromatic heterocycles. The van der Waals surface area contributed by atoms with Crippen LogP contribution in [0.25, 0.3) is 0 Å². The van der Waals surface area contributed by atoms with E-state index in [0.29, 0.717) is 12.1 Å². The highest BCUT2D eigenvalue weighted by Gasteiger charge is 2.30. The molecule has 1 aliphatic rings. The van der Waals surface area contributed by atoms with Crippen molar-refractivity contribution in [3.63, 3.8) is 0 Å². The van der Waals surface area contributed by atoms with Crippen LogP contribution in [0.15, 0.2) is 47.1 Å². The van der Waals surface area contributed by atoms with Gasteiger partial charge in [-0.3, -0.25) is 9.69 Å². The van der Waals surface area contributed by atoms with Crippen LogP contribution in [0, 0.1) is 0 Å². The van der Waals surface area contributed by atoms with E-state index in [2.05, 4.69) is 10.2 Å². The topological polar surface area (TPSA) is 45.5 Å². The Kier molecular flexibility index (Phi) is 5.66. The minimum atomic E-state index is -4.41. The van der Waals surface area contributed by atoms with E-state index in [1.165, 1.54) is 12.1 Å². The van der Waals surface area contributed by atoms with E-state index in [1.54, 1.807) is 6.26 Å². The van der Waals surface area contributed by atoms with Gasteiger partial charge in [0.25, 0.3) is 0 Å². The first-order valence-electron chi connectivity index (χ1n) is 8.64. The zero-order valence-corrected chi connectivity index (χ0v) is 14.3. The highest BCUT2D eigenvalue weighted by molar-refractivity contribution is 5.78. The maximum Gasteiger partial charge on any atom is 0.416 e. The number of nitrogens with one attached hydrogen (secondary N) is 1. The Labute approximate surface area is 150 Å². The number of hydrogen-bond donors (Lipinski definition) is 1. The van der Waals surface area contributed by atoms with Crippen molar-refractivity contribution in [3.8, 4) is 0 Å². The fourth-order valence-corrected chi connectivity index (χ4v) is 3.26. The van der Waals surface area contributed by atoms with Gasteiger partial charge in [-0.1, -0.05) is 18.2 Å². The summed E-state index contributed by atoms with van der Waals surface area (Å²) < 4.78 is 43.8. The summed E-state index contributed by atoms with van der Waals surface area (Å²) in [5.41, 5.74) is -0.402.